The van der Waals surface area contributed by atoms with E-state index in [9.17, 15) is 0 Å². The van der Waals surface area contributed by atoms with Crippen LogP contribution >= 0.6 is 50.7 Å². The van der Waals surface area contributed by atoms with Gasteiger partial charge in [0.05, 0.1) is 5.02 Å². The molecule has 0 aliphatic carbocycles. The highest BCUT2D eigenvalue weighted by atomic mass is 79.9. The van der Waals surface area contributed by atoms with Crippen molar-refractivity contribution < 1.29 is 0 Å². The van der Waals surface area contributed by atoms with Gasteiger partial charge in [0.15, 0.2) is 5.82 Å². The first-order chi connectivity index (χ1) is 9.02. The van der Waals surface area contributed by atoms with Crippen molar-refractivity contribution in [2.45, 2.75) is 19.8 Å². The monoisotopic (exact) mass is 378 g/mol. The van der Waals surface area contributed by atoms with Crippen molar-refractivity contribution in [2.24, 2.45) is 0 Å². The van der Waals surface area contributed by atoms with E-state index in [1.807, 2.05) is 12.1 Å². The highest BCUT2D eigenvalue weighted by Crippen LogP contribution is 2.30. The molecule has 2 nitrogen and oxygen atoms in total. The summed E-state index contributed by atoms with van der Waals surface area (Å²) in [6.45, 7) is 2.05. The fourth-order valence-electron chi connectivity index (χ4n) is 1.65. The molecule has 0 spiro atoms. The second-order valence-corrected chi connectivity index (χ2v) is 5.96. The molecule has 1 aromatic carbocycles. The predicted octanol–water partition coefficient (Wildman–Crippen LogP) is 5.82. The summed E-state index contributed by atoms with van der Waals surface area (Å²) >= 11 is 21.7. The van der Waals surface area contributed by atoms with Crippen LogP contribution in [0.15, 0.2) is 22.7 Å². The fourth-order valence-corrected chi connectivity index (χ4v) is 2.66. The molecule has 0 saturated carbocycles. The van der Waals surface area contributed by atoms with Crippen molar-refractivity contribution in [1.29, 1.82) is 0 Å². The molecule has 0 unspecified atom stereocenters. The smallest absolute Gasteiger partial charge is 0.162 e. The van der Waals surface area contributed by atoms with Crippen LogP contribution in [0.3, 0.4) is 0 Å². The van der Waals surface area contributed by atoms with Gasteiger partial charge in [-0.3, -0.25) is 0 Å². The van der Waals surface area contributed by atoms with Crippen LogP contribution in [0.5, 0.6) is 0 Å². The third kappa shape index (κ3) is 3.40. The normalized spacial score (nSPS) is 10.8. The van der Waals surface area contributed by atoms with Crippen molar-refractivity contribution in [1.82, 2.24) is 9.97 Å². The Morgan fingerprint density at radius 2 is 1.74 bits per heavy atom. The molecular weight excluding hydrogens is 370 g/mol. The highest BCUT2D eigenvalue weighted by molar-refractivity contribution is 9.10. The lowest BCUT2D eigenvalue weighted by molar-refractivity contribution is 0.903. The van der Waals surface area contributed by atoms with Crippen molar-refractivity contribution in [3.05, 3.63) is 43.6 Å². The summed E-state index contributed by atoms with van der Waals surface area (Å²) in [5, 5.41) is 1.39. The first kappa shape index (κ1) is 15.0. The first-order valence-corrected chi connectivity index (χ1v) is 7.63. The highest BCUT2D eigenvalue weighted by Gasteiger charge is 2.12. The molecule has 0 fully saturated rings. The molecule has 2 rings (SSSR count). The van der Waals surface area contributed by atoms with Crippen LogP contribution in [0.1, 0.15) is 18.9 Å². The van der Waals surface area contributed by atoms with E-state index in [0.717, 1.165) is 28.4 Å². The molecule has 0 radical (unpaired) electrons. The van der Waals surface area contributed by atoms with Crippen LogP contribution < -0.4 is 0 Å². The van der Waals surface area contributed by atoms with Crippen LogP contribution in [0.25, 0.3) is 11.4 Å². The molecule has 6 heteroatoms. The Bertz CT molecular complexity index is 594. The minimum Gasteiger partial charge on any atom is -0.216 e. The molecule has 0 N–H and O–H groups in total. The molecule has 100 valence electrons. The van der Waals surface area contributed by atoms with Gasteiger partial charge in [0.2, 0.25) is 0 Å². The molecule has 0 aliphatic heterocycles. The topological polar surface area (TPSA) is 25.8 Å². The molecule has 1 aromatic heterocycles. The van der Waals surface area contributed by atoms with Gasteiger partial charge in [-0.15, -0.1) is 0 Å². The lowest BCUT2D eigenvalue weighted by Crippen LogP contribution is -1.97. The molecule has 0 atom stereocenters. The minimum atomic E-state index is 0.399. The summed E-state index contributed by atoms with van der Waals surface area (Å²) in [4.78, 5) is 8.58. The third-order valence-corrected chi connectivity index (χ3v) is 4.44. The number of hydrogen-bond acceptors (Lipinski definition) is 2. The van der Waals surface area contributed by atoms with Gasteiger partial charge in [0.25, 0.3) is 0 Å². The van der Waals surface area contributed by atoms with E-state index >= 15 is 0 Å². The number of benzene rings is 1. The second-order valence-electron chi connectivity index (χ2n) is 3.99. The third-order valence-electron chi connectivity index (χ3n) is 2.58. The summed E-state index contributed by atoms with van der Waals surface area (Å²) in [5.74, 6) is 0.476. The van der Waals surface area contributed by atoms with Gasteiger partial charge in [-0.1, -0.05) is 48.1 Å². The van der Waals surface area contributed by atoms with Gasteiger partial charge in [-0.2, -0.15) is 0 Å². The van der Waals surface area contributed by atoms with Crippen molar-refractivity contribution in [3.63, 3.8) is 0 Å². The van der Waals surface area contributed by atoms with Gasteiger partial charge in [-0.25, -0.2) is 9.97 Å². The SMILES string of the molecule is CCCc1c(Cl)nc(-c2ccc(Br)c(Cl)c2)nc1Cl. The Kier molecular flexibility index (Phi) is 5.07. The molecule has 1 heterocycles. The van der Waals surface area contributed by atoms with Gasteiger partial charge in [0, 0.05) is 15.6 Å². The Morgan fingerprint density at radius 1 is 1.11 bits per heavy atom. The van der Waals surface area contributed by atoms with E-state index < -0.39 is 0 Å². The molecule has 0 bridgehead atoms. The Morgan fingerprint density at radius 3 is 2.26 bits per heavy atom. The molecule has 0 saturated heterocycles. The van der Waals surface area contributed by atoms with E-state index in [0.29, 0.717) is 21.2 Å². The lowest BCUT2D eigenvalue weighted by Gasteiger charge is -2.08. The second kappa shape index (κ2) is 6.40. The van der Waals surface area contributed by atoms with E-state index in [-0.39, 0.29) is 0 Å². The summed E-state index contributed by atoms with van der Waals surface area (Å²) < 4.78 is 0.817. The van der Waals surface area contributed by atoms with Crippen LogP contribution in [0.4, 0.5) is 0 Å². The quantitative estimate of drug-likeness (QED) is 0.627. The summed E-state index contributed by atoms with van der Waals surface area (Å²) in [7, 11) is 0. The number of nitrogens with zero attached hydrogens (tertiary/aromatic N) is 2. The fraction of sp³-hybridized carbons (Fsp3) is 0.231. The molecule has 19 heavy (non-hydrogen) atoms. The average Bonchev–Trinajstić information content (AvgIpc) is 2.37. The van der Waals surface area contributed by atoms with Crippen molar-refractivity contribution in [3.8, 4) is 11.4 Å². The van der Waals surface area contributed by atoms with Gasteiger partial charge in [-0.05, 0) is 40.5 Å². The summed E-state index contributed by atoms with van der Waals surface area (Å²) in [6.07, 6.45) is 1.70. The van der Waals surface area contributed by atoms with E-state index in [2.05, 4.69) is 32.8 Å². The first-order valence-electron chi connectivity index (χ1n) is 5.70. The summed E-state index contributed by atoms with van der Waals surface area (Å²) in [5.41, 5.74) is 1.57. The Hall–Kier alpha value is -0.350. The van der Waals surface area contributed by atoms with E-state index in [4.69, 9.17) is 34.8 Å². The van der Waals surface area contributed by atoms with Gasteiger partial charge < -0.3 is 0 Å². The van der Waals surface area contributed by atoms with Crippen LogP contribution in [-0.2, 0) is 6.42 Å². The minimum absolute atomic E-state index is 0.399. The molecular formula is C13H10BrCl3N2. The maximum Gasteiger partial charge on any atom is 0.162 e. The van der Waals surface area contributed by atoms with E-state index in [1.54, 1.807) is 6.07 Å². The number of hydrogen-bond donors (Lipinski definition) is 0. The van der Waals surface area contributed by atoms with Crippen LogP contribution in [0.2, 0.25) is 15.3 Å². The van der Waals surface area contributed by atoms with Crippen molar-refractivity contribution >= 4 is 50.7 Å². The number of aromatic nitrogens is 2. The molecule has 0 aliphatic rings. The standard InChI is InChI=1S/C13H10BrCl3N2/c1-2-3-8-11(16)18-13(19-12(8)17)7-4-5-9(14)10(15)6-7/h4-6H,2-3H2,1H3. The summed E-state index contributed by atoms with van der Waals surface area (Å²) in [6, 6.07) is 5.47. The zero-order chi connectivity index (χ0) is 14.0. The largest absolute Gasteiger partial charge is 0.216 e. The molecule has 0 amide bonds. The Balaban J connectivity index is 2.48. The van der Waals surface area contributed by atoms with E-state index in [1.165, 1.54) is 0 Å². The Labute approximate surface area is 135 Å². The predicted molar refractivity (Wildman–Crippen MR) is 84.2 cm³/mol. The van der Waals surface area contributed by atoms with Crippen LogP contribution in [0, 0.1) is 0 Å². The van der Waals surface area contributed by atoms with Gasteiger partial charge in [0.1, 0.15) is 10.3 Å². The zero-order valence-electron chi connectivity index (χ0n) is 10.1. The zero-order valence-corrected chi connectivity index (χ0v) is 13.9. The van der Waals surface area contributed by atoms with Crippen LogP contribution in [-0.4, -0.2) is 9.97 Å². The molecule has 2 aromatic rings. The number of halogens is 4. The maximum atomic E-state index is 6.16. The maximum absolute atomic E-state index is 6.16. The average molecular weight is 380 g/mol. The lowest BCUT2D eigenvalue weighted by atomic mass is 10.2. The van der Waals surface area contributed by atoms with Gasteiger partial charge >= 0.3 is 0 Å². The number of rotatable bonds is 3. The van der Waals surface area contributed by atoms with Crippen molar-refractivity contribution in [2.75, 3.05) is 0 Å².